The Hall–Kier alpha value is -1.06. The minimum absolute atomic E-state index is 0.499. The highest BCUT2D eigenvalue weighted by atomic mass is 16.5. The van der Waals surface area contributed by atoms with Gasteiger partial charge in [-0.05, 0) is 69.4 Å². The summed E-state index contributed by atoms with van der Waals surface area (Å²) in [5.74, 6) is 1.83. The Balaban J connectivity index is 1.58. The van der Waals surface area contributed by atoms with E-state index in [9.17, 15) is 0 Å². The monoisotopic (exact) mass is 288 g/mol. The third-order valence-corrected chi connectivity index (χ3v) is 5.04. The molecule has 3 atom stereocenters. The van der Waals surface area contributed by atoms with Gasteiger partial charge in [0.05, 0.1) is 0 Å². The van der Waals surface area contributed by atoms with E-state index in [1.807, 2.05) is 0 Å². The smallest absolute Gasteiger partial charge is 0.119 e. The molecule has 2 fully saturated rings. The zero-order valence-electron chi connectivity index (χ0n) is 13.3. The molecule has 0 spiro atoms. The van der Waals surface area contributed by atoms with Crippen molar-refractivity contribution in [3.8, 4) is 5.75 Å². The summed E-state index contributed by atoms with van der Waals surface area (Å²) in [7, 11) is 2.20. The Morgan fingerprint density at radius 1 is 1.29 bits per heavy atom. The van der Waals surface area contributed by atoms with Gasteiger partial charge in [0.1, 0.15) is 12.4 Å². The van der Waals surface area contributed by atoms with Gasteiger partial charge in [-0.3, -0.25) is 0 Å². The van der Waals surface area contributed by atoms with Crippen molar-refractivity contribution in [2.24, 2.45) is 5.92 Å². The lowest BCUT2D eigenvalue weighted by Gasteiger charge is -2.28. The molecule has 0 bridgehead atoms. The second-order valence-electron chi connectivity index (χ2n) is 6.80. The highest BCUT2D eigenvalue weighted by molar-refractivity contribution is 5.31. The van der Waals surface area contributed by atoms with Crippen LogP contribution in [0.2, 0.25) is 0 Å². The maximum absolute atomic E-state index is 6.04. The summed E-state index contributed by atoms with van der Waals surface area (Å²) < 4.78 is 6.04. The van der Waals surface area contributed by atoms with E-state index in [2.05, 4.69) is 48.5 Å². The van der Waals surface area contributed by atoms with Crippen molar-refractivity contribution in [1.82, 2.24) is 10.2 Å². The van der Waals surface area contributed by atoms with Crippen LogP contribution in [0.5, 0.6) is 5.75 Å². The second-order valence-corrected chi connectivity index (χ2v) is 6.80. The number of nitrogens with one attached hydrogen (secondary N) is 1. The third kappa shape index (κ3) is 3.78. The van der Waals surface area contributed by atoms with Crippen LogP contribution in [0, 0.1) is 5.92 Å². The molecule has 2 aliphatic rings. The maximum atomic E-state index is 6.04. The van der Waals surface area contributed by atoms with Crippen molar-refractivity contribution in [2.45, 2.75) is 44.7 Å². The molecule has 0 saturated carbocycles. The Kier molecular flexibility index (Phi) is 4.81. The van der Waals surface area contributed by atoms with Crippen LogP contribution in [-0.2, 0) is 0 Å². The lowest BCUT2D eigenvalue weighted by atomic mass is 9.92. The number of piperidine rings is 1. The zero-order valence-corrected chi connectivity index (χ0v) is 13.3. The molecule has 116 valence electrons. The first kappa shape index (κ1) is 14.9. The molecule has 2 aliphatic heterocycles. The fraction of sp³-hybridized carbons (Fsp3) is 0.667. The van der Waals surface area contributed by atoms with Crippen molar-refractivity contribution < 1.29 is 4.74 Å². The summed E-state index contributed by atoms with van der Waals surface area (Å²) in [6.07, 6.45) is 5.11. The topological polar surface area (TPSA) is 24.5 Å². The molecule has 2 heterocycles. The molecule has 1 aromatic rings. The van der Waals surface area contributed by atoms with Crippen LogP contribution >= 0.6 is 0 Å². The van der Waals surface area contributed by atoms with E-state index < -0.39 is 0 Å². The van der Waals surface area contributed by atoms with Gasteiger partial charge in [0.25, 0.3) is 0 Å². The minimum atomic E-state index is 0.499. The van der Waals surface area contributed by atoms with Crippen LogP contribution in [0.25, 0.3) is 0 Å². The van der Waals surface area contributed by atoms with Gasteiger partial charge in [0.2, 0.25) is 0 Å². The van der Waals surface area contributed by atoms with Crippen LogP contribution in [0.3, 0.4) is 0 Å². The van der Waals surface area contributed by atoms with Crippen LogP contribution in [-0.4, -0.2) is 37.7 Å². The SMILES string of the molecule is C[C@H]1CC[C@H](c2cccc(OC[C@H]3CCCN3C)c2)NC1. The van der Waals surface area contributed by atoms with E-state index >= 15 is 0 Å². The predicted molar refractivity (Wildman–Crippen MR) is 86.7 cm³/mol. The molecule has 3 nitrogen and oxygen atoms in total. The standard InChI is InChI=1S/C18H28N2O/c1-14-8-9-18(19-12-14)15-5-3-7-17(11-15)21-13-16-6-4-10-20(16)2/h3,5,7,11,14,16,18-19H,4,6,8-10,12-13H2,1-2H3/t14-,16+,18+/m0/s1. The van der Waals surface area contributed by atoms with Crippen molar-refractivity contribution in [1.29, 1.82) is 0 Å². The highest BCUT2D eigenvalue weighted by Crippen LogP contribution is 2.28. The Morgan fingerprint density at radius 3 is 2.90 bits per heavy atom. The number of ether oxygens (including phenoxy) is 1. The summed E-state index contributed by atoms with van der Waals surface area (Å²) in [4.78, 5) is 2.41. The first-order chi connectivity index (χ1) is 10.2. The molecule has 2 saturated heterocycles. The van der Waals surface area contributed by atoms with Crippen molar-refractivity contribution >= 4 is 0 Å². The van der Waals surface area contributed by atoms with E-state index in [0.29, 0.717) is 12.1 Å². The number of likely N-dealkylation sites (N-methyl/N-ethyl adjacent to an activating group) is 1. The Morgan fingerprint density at radius 2 is 2.19 bits per heavy atom. The maximum Gasteiger partial charge on any atom is 0.119 e. The summed E-state index contributed by atoms with van der Waals surface area (Å²) in [5.41, 5.74) is 1.37. The summed E-state index contributed by atoms with van der Waals surface area (Å²) >= 11 is 0. The van der Waals surface area contributed by atoms with Crippen LogP contribution in [0.4, 0.5) is 0 Å². The van der Waals surface area contributed by atoms with Gasteiger partial charge < -0.3 is 15.0 Å². The van der Waals surface area contributed by atoms with Crippen LogP contribution in [0.1, 0.15) is 44.2 Å². The molecule has 0 amide bonds. The molecule has 3 rings (SSSR count). The van der Waals surface area contributed by atoms with E-state index in [4.69, 9.17) is 4.74 Å². The normalized spacial score (nSPS) is 30.5. The molecule has 0 aliphatic carbocycles. The van der Waals surface area contributed by atoms with E-state index in [1.54, 1.807) is 0 Å². The molecular formula is C18H28N2O. The van der Waals surface area contributed by atoms with Gasteiger partial charge in [0.15, 0.2) is 0 Å². The summed E-state index contributed by atoms with van der Waals surface area (Å²) in [5, 5.41) is 3.65. The van der Waals surface area contributed by atoms with Gasteiger partial charge in [-0.1, -0.05) is 19.1 Å². The summed E-state index contributed by atoms with van der Waals surface area (Å²) in [6, 6.07) is 9.75. The third-order valence-electron chi connectivity index (χ3n) is 5.04. The second kappa shape index (κ2) is 6.80. The fourth-order valence-corrected chi connectivity index (χ4v) is 3.49. The minimum Gasteiger partial charge on any atom is -0.492 e. The van der Waals surface area contributed by atoms with Crippen molar-refractivity contribution in [3.05, 3.63) is 29.8 Å². The fourth-order valence-electron chi connectivity index (χ4n) is 3.49. The van der Waals surface area contributed by atoms with Gasteiger partial charge in [0, 0.05) is 12.1 Å². The predicted octanol–water partition coefficient (Wildman–Crippen LogP) is 3.22. The lowest BCUT2D eigenvalue weighted by Crippen LogP contribution is -2.32. The lowest BCUT2D eigenvalue weighted by molar-refractivity contribution is 0.198. The molecule has 21 heavy (non-hydrogen) atoms. The quantitative estimate of drug-likeness (QED) is 0.920. The molecule has 3 heteroatoms. The van der Waals surface area contributed by atoms with Gasteiger partial charge >= 0.3 is 0 Å². The number of likely N-dealkylation sites (tertiary alicyclic amines) is 1. The number of nitrogens with zero attached hydrogens (tertiary/aromatic N) is 1. The van der Waals surface area contributed by atoms with E-state index in [0.717, 1.165) is 24.8 Å². The average molecular weight is 288 g/mol. The molecule has 1 N–H and O–H groups in total. The van der Waals surface area contributed by atoms with Crippen LogP contribution in [0.15, 0.2) is 24.3 Å². The number of hydrogen-bond acceptors (Lipinski definition) is 3. The first-order valence-corrected chi connectivity index (χ1v) is 8.39. The van der Waals surface area contributed by atoms with E-state index in [1.165, 1.54) is 37.8 Å². The molecular weight excluding hydrogens is 260 g/mol. The largest absolute Gasteiger partial charge is 0.492 e. The average Bonchev–Trinajstić information content (AvgIpc) is 2.91. The van der Waals surface area contributed by atoms with Crippen molar-refractivity contribution in [2.75, 3.05) is 26.7 Å². The van der Waals surface area contributed by atoms with Crippen molar-refractivity contribution in [3.63, 3.8) is 0 Å². The summed E-state index contributed by atoms with van der Waals surface area (Å²) in [6.45, 7) is 5.47. The van der Waals surface area contributed by atoms with Crippen LogP contribution < -0.4 is 10.1 Å². The number of benzene rings is 1. The molecule has 0 unspecified atom stereocenters. The van der Waals surface area contributed by atoms with Gasteiger partial charge in [-0.15, -0.1) is 0 Å². The van der Waals surface area contributed by atoms with Gasteiger partial charge in [-0.25, -0.2) is 0 Å². The number of rotatable bonds is 4. The zero-order chi connectivity index (χ0) is 14.7. The number of hydrogen-bond donors (Lipinski definition) is 1. The molecule has 0 radical (unpaired) electrons. The Labute approximate surface area is 128 Å². The molecule has 1 aromatic carbocycles. The molecule has 0 aromatic heterocycles. The first-order valence-electron chi connectivity index (χ1n) is 8.39. The Bertz CT molecular complexity index is 454. The highest BCUT2D eigenvalue weighted by Gasteiger charge is 2.22. The van der Waals surface area contributed by atoms with Gasteiger partial charge in [-0.2, -0.15) is 0 Å². The van der Waals surface area contributed by atoms with E-state index in [-0.39, 0.29) is 0 Å².